The fraction of sp³-hybridized carbons (Fsp3) is 0. The number of benzene rings is 6. The Morgan fingerprint density at radius 2 is 1.14 bits per heavy atom. The highest BCUT2D eigenvalue weighted by atomic mass is 16.3. The summed E-state index contributed by atoms with van der Waals surface area (Å²) in [6, 6.07) is 32.9. The highest BCUT2D eigenvalue weighted by Crippen LogP contribution is 2.38. The average Bonchev–Trinajstić information content (AvgIpc) is 3.71. The molecule has 0 aliphatic carbocycles. The zero-order chi connectivity index (χ0) is 33.4. The SMILES string of the molecule is [2H]c1c([2H])c([2H])c(-c2ccc3c(c2)oc2ccc(-c4nc(-c5ccccc5)nc(-c5cccc6oc7ccccc7c56)n4)cc23)c([2H])c1[2H]. The first-order valence-corrected chi connectivity index (χ1v) is 14.1. The van der Waals surface area contributed by atoms with Crippen molar-refractivity contribution in [3.63, 3.8) is 0 Å². The smallest absolute Gasteiger partial charge is 0.164 e. The largest absolute Gasteiger partial charge is 0.456 e. The molecule has 206 valence electrons. The average molecular weight is 571 g/mol. The summed E-state index contributed by atoms with van der Waals surface area (Å²) in [5.41, 5.74) is 5.73. The fourth-order valence-corrected chi connectivity index (χ4v) is 5.77. The van der Waals surface area contributed by atoms with Gasteiger partial charge in [0.2, 0.25) is 0 Å². The third-order valence-electron chi connectivity index (χ3n) is 7.83. The van der Waals surface area contributed by atoms with Gasteiger partial charge in [-0.3, -0.25) is 0 Å². The Hall–Kier alpha value is -6.07. The molecule has 0 radical (unpaired) electrons. The van der Waals surface area contributed by atoms with Gasteiger partial charge in [0.05, 0.1) is 6.85 Å². The van der Waals surface area contributed by atoms with Crippen molar-refractivity contribution in [1.29, 1.82) is 0 Å². The van der Waals surface area contributed by atoms with Crippen LogP contribution in [0.15, 0.2) is 148 Å². The first kappa shape index (κ1) is 19.9. The van der Waals surface area contributed by atoms with Crippen molar-refractivity contribution < 1.29 is 15.7 Å². The topological polar surface area (TPSA) is 65.0 Å². The molecule has 0 amide bonds. The van der Waals surface area contributed by atoms with Crippen molar-refractivity contribution in [2.24, 2.45) is 0 Å². The minimum atomic E-state index is -0.428. The van der Waals surface area contributed by atoms with Crippen LogP contribution in [-0.2, 0) is 0 Å². The Balaban J connectivity index is 1.22. The predicted molar refractivity (Wildman–Crippen MR) is 176 cm³/mol. The lowest BCUT2D eigenvalue weighted by molar-refractivity contribution is 0.668. The van der Waals surface area contributed by atoms with Crippen LogP contribution in [0.25, 0.3) is 89.2 Å². The monoisotopic (exact) mass is 570 g/mol. The number of furan rings is 2. The molecule has 0 fully saturated rings. The van der Waals surface area contributed by atoms with Crippen molar-refractivity contribution in [1.82, 2.24) is 15.0 Å². The quantitative estimate of drug-likeness (QED) is 0.211. The Morgan fingerprint density at radius 3 is 2.02 bits per heavy atom. The zero-order valence-electron chi connectivity index (χ0n) is 28.1. The molecule has 0 atom stereocenters. The van der Waals surface area contributed by atoms with Crippen LogP contribution in [0.5, 0.6) is 0 Å². The van der Waals surface area contributed by atoms with Crippen LogP contribution < -0.4 is 0 Å². The normalized spacial score (nSPS) is 13.2. The van der Waals surface area contributed by atoms with Crippen LogP contribution >= 0.6 is 0 Å². The van der Waals surface area contributed by atoms with Gasteiger partial charge in [-0.05, 0) is 53.6 Å². The fourth-order valence-electron chi connectivity index (χ4n) is 5.77. The van der Waals surface area contributed by atoms with Gasteiger partial charge in [-0.15, -0.1) is 0 Å². The summed E-state index contributed by atoms with van der Waals surface area (Å²) in [5.74, 6) is 1.54. The molecule has 5 nitrogen and oxygen atoms in total. The Morgan fingerprint density at radius 1 is 0.432 bits per heavy atom. The molecule has 0 bridgehead atoms. The summed E-state index contributed by atoms with van der Waals surface area (Å²) < 4.78 is 53.4. The van der Waals surface area contributed by atoms with Crippen molar-refractivity contribution in [2.75, 3.05) is 0 Å². The Kier molecular flexibility index (Phi) is 4.42. The Labute approximate surface area is 259 Å². The van der Waals surface area contributed by atoms with Gasteiger partial charge in [-0.2, -0.15) is 0 Å². The summed E-state index contributed by atoms with van der Waals surface area (Å²) >= 11 is 0. The highest BCUT2D eigenvalue weighted by molar-refractivity contribution is 6.12. The van der Waals surface area contributed by atoms with E-state index in [0.717, 1.165) is 49.4 Å². The molecule has 0 aliphatic heterocycles. The van der Waals surface area contributed by atoms with Gasteiger partial charge in [-0.25, -0.2) is 15.0 Å². The summed E-state index contributed by atoms with van der Waals surface area (Å²) in [6.07, 6.45) is 0. The Bertz CT molecular complexity index is 2760. The number of fused-ring (bicyclic) bond motifs is 6. The molecule has 0 unspecified atom stereocenters. The van der Waals surface area contributed by atoms with Crippen LogP contribution in [0, 0.1) is 0 Å². The van der Waals surface area contributed by atoms with E-state index >= 15 is 0 Å². The van der Waals surface area contributed by atoms with E-state index in [1.807, 2.05) is 97.1 Å². The van der Waals surface area contributed by atoms with E-state index in [1.54, 1.807) is 12.1 Å². The van der Waals surface area contributed by atoms with Gasteiger partial charge < -0.3 is 8.83 Å². The second-order valence-corrected chi connectivity index (χ2v) is 10.5. The van der Waals surface area contributed by atoms with Crippen molar-refractivity contribution in [3.05, 3.63) is 139 Å². The second kappa shape index (κ2) is 9.75. The van der Waals surface area contributed by atoms with E-state index in [4.69, 9.17) is 30.6 Å². The molecule has 44 heavy (non-hydrogen) atoms. The van der Waals surface area contributed by atoms with E-state index in [1.165, 1.54) is 0 Å². The minimum Gasteiger partial charge on any atom is -0.456 e. The molecule has 6 aromatic carbocycles. The maximum atomic E-state index is 8.42. The molecule has 0 saturated carbocycles. The molecule has 3 aromatic heterocycles. The molecule has 3 heterocycles. The number of nitrogens with zero attached hydrogens (tertiary/aromatic N) is 3. The van der Waals surface area contributed by atoms with Crippen LogP contribution in [0.1, 0.15) is 6.85 Å². The van der Waals surface area contributed by atoms with Gasteiger partial charge in [0.15, 0.2) is 17.5 Å². The van der Waals surface area contributed by atoms with Gasteiger partial charge in [0.25, 0.3) is 0 Å². The van der Waals surface area contributed by atoms with Crippen molar-refractivity contribution in [2.45, 2.75) is 0 Å². The summed E-state index contributed by atoms with van der Waals surface area (Å²) in [4.78, 5) is 14.9. The van der Waals surface area contributed by atoms with E-state index in [-0.39, 0.29) is 29.7 Å². The summed E-state index contributed by atoms with van der Waals surface area (Å²) in [6.45, 7) is 0. The number of hydrogen-bond acceptors (Lipinski definition) is 5. The molecule has 0 spiro atoms. The number of para-hydroxylation sites is 1. The number of aromatic nitrogens is 3. The predicted octanol–water partition coefficient (Wildman–Crippen LogP) is 10.3. The number of rotatable bonds is 4. The first-order chi connectivity index (χ1) is 23.9. The lowest BCUT2D eigenvalue weighted by Crippen LogP contribution is -2.00. The molecular weight excluding hydrogens is 542 g/mol. The third kappa shape index (κ3) is 3.98. The van der Waals surface area contributed by atoms with Crippen molar-refractivity contribution >= 4 is 43.9 Å². The van der Waals surface area contributed by atoms with Gasteiger partial charge in [-0.1, -0.05) is 96.9 Å². The maximum absolute atomic E-state index is 8.42. The van der Waals surface area contributed by atoms with E-state index in [9.17, 15) is 0 Å². The lowest BCUT2D eigenvalue weighted by Gasteiger charge is -2.09. The molecule has 9 rings (SSSR count). The highest BCUT2D eigenvalue weighted by Gasteiger charge is 2.18. The van der Waals surface area contributed by atoms with Gasteiger partial charge in [0, 0.05) is 38.2 Å². The molecule has 0 aliphatic rings. The maximum Gasteiger partial charge on any atom is 0.164 e. The van der Waals surface area contributed by atoms with Crippen LogP contribution in [0.3, 0.4) is 0 Å². The van der Waals surface area contributed by atoms with E-state index in [2.05, 4.69) is 0 Å². The van der Waals surface area contributed by atoms with E-state index in [0.29, 0.717) is 34.2 Å². The molecule has 0 N–H and O–H groups in total. The molecular formula is C39H23N3O2. The minimum absolute atomic E-state index is 0.126. The molecule has 9 aromatic rings. The van der Waals surface area contributed by atoms with Gasteiger partial charge in [0.1, 0.15) is 22.3 Å². The summed E-state index contributed by atoms with van der Waals surface area (Å²) in [7, 11) is 0. The van der Waals surface area contributed by atoms with Gasteiger partial charge >= 0.3 is 0 Å². The van der Waals surface area contributed by atoms with Crippen molar-refractivity contribution in [3.8, 4) is 45.3 Å². The number of hydrogen-bond donors (Lipinski definition) is 0. The third-order valence-corrected chi connectivity index (χ3v) is 7.83. The summed E-state index contributed by atoms with van der Waals surface area (Å²) in [5, 5.41) is 3.54. The lowest BCUT2D eigenvalue weighted by atomic mass is 10.0. The van der Waals surface area contributed by atoms with E-state index < -0.39 is 6.04 Å². The van der Waals surface area contributed by atoms with Crippen LogP contribution in [0.2, 0.25) is 0 Å². The zero-order valence-corrected chi connectivity index (χ0v) is 23.1. The van der Waals surface area contributed by atoms with Crippen LogP contribution in [-0.4, -0.2) is 15.0 Å². The molecule has 0 saturated heterocycles. The standard InChI is InChI=1S/C39H23N3O2/c1-3-10-24(11-4-1)26-18-20-28-31-22-27(19-21-33(31)44-35(28)23-26)38-40-37(25-12-5-2-6-13-25)41-39(42-38)30-15-9-17-34-36(30)29-14-7-8-16-32(29)43-34/h1-23H/i1D,3D,4D,10D,11D. The second-order valence-electron chi connectivity index (χ2n) is 10.5. The first-order valence-electron chi connectivity index (χ1n) is 16.6. The van der Waals surface area contributed by atoms with Crippen LogP contribution in [0.4, 0.5) is 0 Å². The molecule has 5 heteroatoms.